The number of hydrogen-bond donors (Lipinski definition) is 1. The van der Waals surface area contributed by atoms with E-state index < -0.39 is 0 Å². The van der Waals surface area contributed by atoms with Gasteiger partial charge in [0.2, 0.25) is 0 Å². The molecule has 1 N–H and O–H groups in total. The van der Waals surface area contributed by atoms with Crippen LogP contribution in [0.2, 0.25) is 0 Å². The second-order valence-corrected chi connectivity index (χ2v) is 5.68. The van der Waals surface area contributed by atoms with Crippen LogP contribution in [0.15, 0.2) is 21.2 Å². The Kier molecular flexibility index (Phi) is 3.33. The number of nitrogens with zero attached hydrogens (tertiary/aromatic N) is 2. The minimum Gasteiger partial charge on any atom is -0.391 e. The third kappa shape index (κ3) is 2.34. The highest BCUT2D eigenvalue weighted by atomic mass is 79.9. The normalized spacial score (nSPS) is 26.0. The van der Waals surface area contributed by atoms with Crippen LogP contribution in [0.5, 0.6) is 0 Å². The highest BCUT2D eigenvalue weighted by molar-refractivity contribution is 9.11. The summed E-state index contributed by atoms with van der Waals surface area (Å²) in [6.45, 7) is 3.57. The predicted molar refractivity (Wildman–Crippen MR) is 67.0 cm³/mol. The largest absolute Gasteiger partial charge is 0.391 e. The number of pyridine rings is 1. The molecule has 2 unspecified atom stereocenters. The molecule has 2 atom stereocenters. The topological polar surface area (TPSA) is 36.4 Å². The van der Waals surface area contributed by atoms with E-state index >= 15 is 0 Å². The highest BCUT2D eigenvalue weighted by Crippen LogP contribution is 2.30. The second-order valence-electron chi connectivity index (χ2n) is 3.91. The van der Waals surface area contributed by atoms with Gasteiger partial charge in [0.1, 0.15) is 5.82 Å². The van der Waals surface area contributed by atoms with Crippen LogP contribution in [0, 0.1) is 5.92 Å². The molecule has 0 bridgehead atoms. The first kappa shape index (κ1) is 11.4. The zero-order chi connectivity index (χ0) is 11.0. The summed E-state index contributed by atoms with van der Waals surface area (Å²) in [5.74, 6) is 1.21. The van der Waals surface area contributed by atoms with E-state index in [0.29, 0.717) is 12.5 Å². The predicted octanol–water partition coefficient (Wildman–Crippen LogP) is 2.42. The standard InChI is InChI=1S/C10H12Br2N2O/c1-6-4-14(5-9(6)15)10-8(12)2-7(11)3-13-10/h2-3,6,9,15H,4-5H2,1H3. The zero-order valence-corrected chi connectivity index (χ0v) is 11.5. The summed E-state index contributed by atoms with van der Waals surface area (Å²) in [5, 5.41) is 9.68. The fourth-order valence-electron chi connectivity index (χ4n) is 1.76. The molecule has 5 heteroatoms. The number of β-amino-alcohol motifs (C(OH)–C–C–N with tert-alkyl or cyclic N) is 1. The van der Waals surface area contributed by atoms with Gasteiger partial charge in [-0.05, 0) is 37.9 Å². The molecule has 0 aliphatic carbocycles. The Morgan fingerprint density at radius 3 is 2.73 bits per heavy atom. The van der Waals surface area contributed by atoms with Crippen LogP contribution in [0.25, 0.3) is 0 Å². The summed E-state index contributed by atoms with van der Waals surface area (Å²) in [6.07, 6.45) is 1.53. The summed E-state index contributed by atoms with van der Waals surface area (Å²) in [5.41, 5.74) is 0. The number of aromatic nitrogens is 1. The lowest BCUT2D eigenvalue weighted by Crippen LogP contribution is -2.22. The van der Waals surface area contributed by atoms with Crippen molar-refractivity contribution < 1.29 is 5.11 Å². The summed E-state index contributed by atoms with van der Waals surface area (Å²) >= 11 is 6.85. The summed E-state index contributed by atoms with van der Waals surface area (Å²) in [7, 11) is 0. The average Bonchev–Trinajstić information content (AvgIpc) is 2.46. The van der Waals surface area contributed by atoms with E-state index in [1.54, 1.807) is 6.20 Å². The van der Waals surface area contributed by atoms with Gasteiger partial charge in [0.25, 0.3) is 0 Å². The third-order valence-corrected chi connectivity index (χ3v) is 3.68. The minimum absolute atomic E-state index is 0.248. The second kappa shape index (κ2) is 4.39. The fraction of sp³-hybridized carbons (Fsp3) is 0.500. The van der Waals surface area contributed by atoms with Gasteiger partial charge >= 0.3 is 0 Å². The lowest BCUT2D eigenvalue weighted by atomic mass is 10.1. The number of rotatable bonds is 1. The number of halogens is 2. The molecule has 15 heavy (non-hydrogen) atoms. The van der Waals surface area contributed by atoms with Gasteiger partial charge in [-0.2, -0.15) is 0 Å². The first-order valence-corrected chi connectivity index (χ1v) is 6.40. The molecule has 1 aliphatic heterocycles. The quantitative estimate of drug-likeness (QED) is 0.856. The van der Waals surface area contributed by atoms with Gasteiger partial charge in [0.05, 0.1) is 10.6 Å². The Balaban J connectivity index is 2.24. The average molecular weight is 336 g/mol. The Labute approximate surface area is 106 Å². The number of aliphatic hydroxyl groups is 1. The highest BCUT2D eigenvalue weighted by Gasteiger charge is 2.29. The number of anilines is 1. The molecule has 0 saturated carbocycles. The van der Waals surface area contributed by atoms with Crippen LogP contribution in [0.1, 0.15) is 6.92 Å². The molecule has 1 aliphatic rings. The fourth-order valence-corrected chi connectivity index (χ4v) is 3.00. The van der Waals surface area contributed by atoms with Gasteiger partial charge in [-0.3, -0.25) is 0 Å². The lowest BCUT2D eigenvalue weighted by Gasteiger charge is -2.18. The molecule has 1 aromatic rings. The SMILES string of the molecule is CC1CN(c2ncc(Br)cc2Br)CC1O. The summed E-state index contributed by atoms with van der Waals surface area (Å²) in [6, 6.07) is 1.97. The van der Waals surface area contributed by atoms with Gasteiger partial charge in [0.15, 0.2) is 0 Å². The first-order chi connectivity index (χ1) is 7.08. The van der Waals surface area contributed by atoms with Crippen molar-refractivity contribution in [3.63, 3.8) is 0 Å². The first-order valence-electron chi connectivity index (χ1n) is 4.82. The minimum atomic E-state index is -0.248. The van der Waals surface area contributed by atoms with Crippen molar-refractivity contribution in [2.75, 3.05) is 18.0 Å². The maximum atomic E-state index is 9.68. The molecule has 1 fully saturated rings. The van der Waals surface area contributed by atoms with E-state index in [4.69, 9.17) is 0 Å². The van der Waals surface area contributed by atoms with Crippen molar-refractivity contribution in [3.8, 4) is 0 Å². The van der Waals surface area contributed by atoms with Crippen molar-refractivity contribution >= 4 is 37.7 Å². The van der Waals surface area contributed by atoms with Crippen LogP contribution in [0.3, 0.4) is 0 Å². The van der Waals surface area contributed by atoms with Crippen LogP contribution >= 0.6 is 31.9 Å². The van der Waals surface area contributed by atoms with E-state index in [-0.39, 0.29) is 6.10 Å². The monoisotopic (exact) mass is 334 g/mol. The van der Waals surface area contributed by atoms with Crippen molar-refractivity contribution in [2.24, 2.45) is 5.92 Å². The Hall–Kier alpha value is -0.130. The molecule has 0 radical (unpaired) electrons. The Morgan fingerprint density at radius 2 is 2.20 bits per heavy atom. The zero-order valence-electron chi connectivity index (χ0n) is 8.32. The van der Waals surface area contributed by atoms with E-state index in [1.807, 2.05) is 6.07 Å². The molecule has 1 aromatic heterocycles. The molecule has 3 nitrogen and oxygen atoms in total. The van der Waals surface area contributed by atoms with Crippen LogP contribution in [-0.4, -0.2) is 29.3 Å². The molecular formula is C10H12Br2N2O. The smallest absolute Gasteiger partial charge is 0.143 e. The van der Waals surface area contributed by atoms with Crippen molar-refractivity contribution in [2.45, 2.75) is 13.0 Å². The molecular weight excluding hydrogens is 324 g/mol. The summed E-state index contributed by atoms with van der Waals surface area (Å²) in [4.78, 5) is 6.45. The third-order valence-electron chi connectivity index (χ3n) is 2.66. The van der Waals surface area contributed by atoms with Gasteiger partial charge in [-0.25, -0.2) is 4.98 Å². The van der Waals surface area contributed by atoms with Crippen LogP contribution in [-0.2, 0) is 0 Å². The number of aliphatic hydroxyl groups excluding tert-OH is 1. The van der Waals surface area contributed by atoms with Gasteiger partial charge < -0.3 is 10.0 Å². The maximum Gasteiger partial charge on any atom is 0.143 e. The van der Waals surface area contributed by atoms with E-state index in [2.05, 4.69) is 48.7 Å². The lowest BCUT2D eigenvalue weighted by molar-refractivity contribution is 0.157. The molecule has 2 rings (SSSR count). The molecule has 0 spiro atoms. The maximum absolute atomic E-state index is 9.68. The van der Waals surface area contributed by atoms with E-state index in [9.17, 15) is 5.11 Å². The van der Waals surface area contributed by atoms with Gasteiger partial charge in [0, 0.05) is 29.7 Å². The van der Waals surface area contributed by atoms with E-state index in [0.717, 1.165) is 21.3 Å². The summed E-state index contributed by atoms with van der Waals surface area (Å²) < 4.78 is 1.91. The Bertz CT molecular complexity index is 362. The van der Waals surface area contributed by atoms with Gasteiger partial charge in [-0.15, -0.1) is 0 Å². The van der Waals surface area contributed by atoms with Crippen LogP contribution < -0.4 is 4.90 Å². The number of hydrogen-bond acceptors (Lipinski definition) is 3. The van der Waals surface area contributed by atoms with Crippen molar-refractivity contribution in [1.82, 2.24) is 4.98 Å². The molecule has 0 amide bonds. The molecule has 82 valence electrons. The van der Waals surface area contributed by atoms with Gasteiger partial charge in [-0.1, -0.05) is 6.92 Å². The van der Waals surface area contributed by atoms with Crippen LogP contribution in [0.4, 0.5) is 5.82 Å². The Morgan fingerprint density at radius 1 is 1.47 bits per heavy atom. The molecule has 1 saturated heterocycles. The van der Waals surface area contributed by atoms with Crippen molar-refractivity contribution in [1.29, 1.82) is 0 Å². The van der Waals surface area contributed by atoms with Crippen molar-refractivity contribution in [3.05, 3.63) is 21.2 Å². The van der Waals surface area contributed by atoms with E-state index in [1.165, 1.54) is 0 Å². The molecule has 2 heterocycles. The molecule has 0 aromatic carbocycles.